The standard InChI is InChI=1S/C17H18ClNO/c1-9-7-10(2)12(4)16(11(9)3)17(20)13-5-6-15(19)14(18)8-13/h5-8H,19H2,1-4H3. The Balaban J connectivity index is 2.62. The van der Waals surface area contributed by atoms with Gasteiger partial charge in [0.05, 0.1) is 10.7 Å². The number of anilines is 1. The molecule has 3 heteroatoms. The van der Waals surface area contributed by atoms with Gasteiger partial charge >= 0.3 is 0 Å². The van der Waals surface area contributed by atoms with Crippen LogP contribution in [0.5, 0.6) is 0 Å². The molecular weight excluding hydrogens is 270 g/mol. The summed E-state index contributed by atoms with van der Waals surface area (Å²) >= 11 is 6.01. The zero-order valence-electron chi connectivity index (χ0n) is 12.2. The Morgan fingerprint density at radius 1 is 1.00 bits per heavy atom. The molecule has 0 spiro atoms. The van der Waals surface area contributed by atoms with Gasteiger partial charge in [-0.25, -0.2) is 0 Å². The van der Waals surface area contributed by atoms with Crippen molar-refractivity contribution in [1.82, 2.24) is 0 Å². The van der Waals surface area contributed by atoms with E-state index < -0.39 is 0 Å². The second-order valence-electron chi connectivity index (χ2n) is 5.20. The molecule has 0 heterocycles. The lowest BCUT2D eigenvalue weighted by Crippen LogP contribution is -2.09. The largest absolute Gasteiger partial charge is 0.398 e. The molecule has 0 aliphatic heterocycles. The maximum absolute atomic E-state index is 12.8. The van der Waals surface area contributed by atoms with E-state index in [0.29, 0.717) is 16.3 Å². The van der Waals surface area contributed by atoms with Crippen molar-refractivity contribution in [3.8, 4) is 0 Å². The van der Waals surface area contributed by atoms with Gasteiger partial charge in [0.25, 0.3) is 0 Å². The molecule has 0 aliphatic rings. The molecule has 2 aromatic rings. The first-order valence-corrected chi connectivity index (χ1v) is 6.88. The maximum Gasteiger partial charge on any atom is 0.193 e. The summed E-state index contributed by atoms with van der Waals surface area (Å²) in [5.74, 6) is -0.00583. The van der Waals surface area contributed by atoms with Gasteiger partial charge in [0, 0.05) is 11.1 Å². The number of aryl methyl sites for hydroxylation is 2. The topological polar surface area (TPSA) is 43.1 Å². The Morgan fingerprint density at radius 3 is 2.05 bits per heavy atom. The Morgan fingerprint density at radius 2 is 1.55 bits per heavy atom. The highest BCUT2D eigenvalue weighted by molar-refractivity contribution is 6.33. The minimum absolute atomic E-state index is 0.00583. The maximum atomic E-state index is 12.8. The molecule has 2 nitrogen and oxygen atoms in total. The molecule has 2 rings (SSSR count). The normalized spacial score (nSPS) is 10.7. The summed E-state index contributed by atoms with van der Waals surface area (Å²) in [6, 6.07) is 7.14. The van der Waals surface area contributed by atoms with Crippen LogP contribution in [0.4, 0.5) is 5.69 Å². The molecule has 2 aromatic carbocycles. The van der Waals surface area contributed by atoms with Gasteiger partial charge in [-0.05, 0) is 68.1 Å². The van der Waals surface area contributed by atoms with Crippen molar-refractivity contribution in [3.05, 3.63) is 62.7 Å². The average Bonchev–Trinajstić information content (AvgIpc) is 2.40. The van der Waals surface area contributed by atoms with Crippen LogP contribution in [0.3, 0.4) is 0 Å². The van der Waals surface area contributed by atoms with Crippen molar-refractivity contribution >= 4 is 23.1 Å². The second kappa shape index (κ2) is 5.29. The number of hydrogen-bond donors (Lipinski definition) is 1. The van der Waals surface area contributed by atoms with E-state index in [1.807, 2.05) is 27.7 Å². The Hall–Kier alpha value is -1.80. The summed E-state index contributed by atoms with van der Waals surface area (Å²) in [5.41, 5.74) is 11.8. The summed E-state index contributed by atoms with van der Waals surface area (Å²) in [7, 11) is 0. The SMILES string of the molecule is Cc1cc(C)c(C)c(C(=O)c2ccc(N)c(Cl)c2)c1C. The van der Waals surface area contributed by atoms with Crippen LogP contribution in [-0.4, -0.2) is 5.78 Å². The van der Waals surface area contributed by atoms with Crippen molar-refractivity contribution in [1.29, 1.82) is 0 Å². The highest BCUT2D eigenvalue weighted by Crippen LogP contribution is 2.26. The van der Waals surface area contributed by atoms with Crippen LogP contribution in [-0.2, 0) is 0 Å². The fourth-order valence-electron chi connectivity index (χ4n) is 2.37. The number of nitrogen functional groups attached to an aromatic ring is 1. The van der Waals surface area contributed by atoms with E-state index in [2.05, 4.69) is 6.07 Å². The third kappa shape index (κ3) is 2.44. The zero-order chi connectivity index (χ0) is 15.0. The van der Waals surface area contributed by atoms with Crippen molar-refractivity contribution < 1.29 is 4.79 Å². The number of rotatable bonds is 2. The lowest BCUT2D eigenvalue weighted by atomic mass is 9.89. The van der Waals surface area contributed by atoms with E-state index in [1.54, 1.807) is 18.2 Å². The Labute approximate surface area is 124 Å². The lowest BCUT2D eigenvalue weighted by molar-refractivity contribution is 0.103. The molecule has 2 N–H and O–H groups in total. The van der Waals surface area contributed by atoms with Crippen LogP contribution < -0.4 is 5.73 Å². The van der Waals surface area contributed by atoms with Gasteiger partial charge in [-0.3, -0.25) is 4.79 Å². The van der Waals surface area contributed by atoms with E-state index in [-0.39, 0.29) is 5.78 Å². The van der Waals surface area contributed by atoms with E-state index >= 15 is 0 Å². The molecule has 0 saturated heterocycles. The van der Waals surface area contributed by atoms with E-state index in [1.165, 1.54) is 0 Å². The van der Waals surface area contributed by atoms with E-state index in [9.17, 15) is 4.79 Å². The number of hydrogen-bond acceptors (Lipinski definition) is 2. The average molecular weight is 288 g/mol. The molecule has 0 amide bonds. The van der Waals surface area contributed by atoms with Crippen molar-refractivity contribution in [2.75, 3.05) is 5.73 Å². The number of carbonyl (C=O) groups excluding carboxylic acids is 1. The van der Waals surface area contributed by atoms with Crippen LogP contribution >= 0.6 is 11.6 Å². The molecule has 0 saturated carbocycles. The summed E-state index contributed by atoms with van der Waals surface area (Å²) in [6.45, 7) is 8.00. The van der Waals surface area contributed by atoms with Gasteiger partial charge in [-0.1, -0.05) is 17.7 Å². The molecule has 20 heavy (non-hydrogen) atoms. The van der Waals surface area contributed by atoms with Crippen LogP contribution in [0.1, 0.15) is 38.2 Å². The summed E-state index contributed by atoms with van der Waals surface area (Å²) in [4.78, 5) is 12.8. The number of carbonyl (C=O) groups is 1. The third-order valence-electron chi connectivity index (χ3n) is 3.86. The third-order valence-corrected chi connectivity index (χ3v) is 4.18. The molecule has 104 valence electrons. The summed E-state index contributed by atoms with van der Waals surface area (Å²) in [5, 5.41) is 0.413. The Kier molecular flexibility index (Phi) is 3.87. The van der Waals surface area contributed by atoms with Gasteiger partial charge in [-0.15, -0.1) is 0 Å². The molecule has 0 atom stereocenters. The van der Waals surface area contributed by atoms with Crippen LogP contribution in [0.25, 0.3) is 0 Å². The quantitative estimate of drug-likeness (QED) is 0.658. The van der Waals surface area contributed by atoms with Gasteiger partial charge < -0.3 is 5.73 Å². The molecule has 0 radical (unpaired) electrons. The van der Waals surface area contributed by atoms with Gasteiger partial charge in [-0.2, -0.15) is 0 Å². The van der Waals surface area contributed by atoms with Crippen molar-refractivity contribution in [3.63, 3.8) is 0 Å². The van der Waals surface area contributed by atoms with Crippen LogP contribution in [0, 0.1) is 27.7 Å². The molecule has 0 aromatic heterocycles. The van der Waals surface area contributed by atoms with Gasteiger partial charge in [0.2, 0.25) is 0 Å². The fourth-order valence-corrected chi connectivity index (χ4v) is 2.55. The number of benzene rings is 2. The second-order valence-corrected chi connectivity index (χ2v) is 5.61. The zero-order valence-corrected chi connectivity index (χ0v) is 12.9. The monoisotopic (exact) mass is 287 g/mol. The van der Waals surface area contributed by atoms with Gasteiger partial charge in [0.15, 0.2) is 5.78 Å². The first-order chi connectivity index (χ1) is 9.32. The number of halogens is 1. The van der Waals surface area contributed by atoms with Crippen LogP contribution in [0.15, 0.2) is 24.3 Å². The summed E-state index contributed by atoms with van der Waals surface area (Å²) < 4.78 is 0. The summed E-state index contributed by atoms with van der Waals surface area (Å²) in [6.07, 6.45) is 0. The molecule has 0 fully saturated rings. The van der Waals surface area contributed by atoms with E-state index in [0.717, 1.165) is 27.8 Å². The van der Waals surface area contributed by atoms with E-state index in [4.69, 9.17) is 17.3 Å². The molecular formula is C17H18ClNO. The smallest absolute Gasteiger partial charge is 0.193 e. The predicted octanol–water partition coefficient (Wildman–Crippen LogP) is 4.39. The number of ketones is 1. The molecule has 0 aliphatic carbocycles. The van der Waals surface area contributed by atoms with Crippen molar-refractivity contribution in [2.45, 2.75) is 27.7 Å². The molecule has 0 bridgehead atoms. The van der Waals surface area contributed by atoms with Crippen LogP contribution in [0.2, 0.25) is 5.02 Å². The lowest BCUT2D eigenvalue weighted by Gasteiger charge is -2.14. The minimum Gasteiger partial charge on any atom is -0.398 e. The number of nitrogens with two attached hydrogens (primary N) is 1. The highest BCUT2D eigenvalue weighted by Gasteiger charge is 2.18. The first-order valence-electron chi connectivity index (χ1n) is 6.50. The Bertz CT molecular complexity index is 678. The van der Waals surface area contributed by atoms with Crippen molar-refractivity contribution in [2.24, 2.45) is 0 Å². The molecule has 0 unspecified atom stereocenters. The predicted molar refractivity (Wildman–Crippen MR) is 84.7 cm³/mol. The van der Waals surface area contributed by atoms with Gasteiger partial charge in [0.1, 0.15) is 0 Å². The highest BCUT2D eigenvalue weighted by atomic mass is 35.5. The first kappa shape index (κ1) is 14.6. The minimum atomic E-state index is -0.00583. The fraction of sp³-hybridized carbons (Fsp3) is 0.235.